The summed E-state index contributed by atoms with van der Waals surface area (Å²) < 4.78 is 40.2. The molecular formula is C22H28ClF3N2O2. The number of rotatable bonds is 4. The first kappa shape index (κ1) is 21.9. The van der Waals surface area contributed by atoms with Crippen molar-refractivity contribution in [2.45, 2.75) is 62.9 Å². The first-order valence-electron chi connectivity index (χ1n) is 10.7. The van der Waals surface area contributed by atoms with Crippen molar-refractivity contribution >= 4 is 23.2 Å². The molecule has 1 aliphatic heterocycles. The van der Waals surface area contributed by atoms with Crippen LogP contribution in [0.3, 0.4) is 0 Å². The Bertz CT molecular complexity index is 773. The Morgan fingerprint density at radius 1 is 1.10 bits per heavy atom. The van der Waals surface area contributed by atoms with Crippen LogP contribution in [-0.2, 0) is 4.79 Å². The molecule has 1 aromatic carbocycles. The zero-order valence-electron chi connectivity index (χ0n) is 16.9. The number of alkyl halides is 2. The monoisotopic (exact) mass is 444 g/mol. The van der Waals surface area contributed by atoms with Crippen LogP contribution in [-0.4, -0.2) is 47.1 Å². The summed E-state index contributed by atoms with van der Waals surface area (Å²) in [5, 5.41) is 13.7. The number of anilines is 1. The molecule has 0 atom stereocenters. The van der Waals surface area contributed by atoms with Gasteiger partial charge in [0.1, 0.15) is 5.82 Å². The Kier molecular flexibility index (Phi) is 5.83. The number of carbonyl (C=O) groups excluding carboxylic acids is 1. The highest BCUT2D eigenvalue weighted by atomic mass is 35.5. The smallest absolute Gasteiger partial charge is 0.248 e. The maximum absolute atomic E-state index is 13.5. The molecule has 2 aliphatic carbocycles. The van der Waals surface area contributed by atoms with Gasteiger partial charge in [-0.3, -0.25) is 9.69 Å². The van der Waals surface area contributed by atoms with Gasteiger partial charge in [-0.1, -0.05) is 11.6 Å². The van der Waals surface area contributed by atoms with Crippen molar-refractivity contribution in [3.63, 3.8) is 0 Å². The van der Waals surface area contributed by atoms with Gasteiger partial charge in [-0.15, -0.1) is 0 Å². The number of amides is 1. The summed E-state index contributed by atoms with van der Waals surface area (Å²) >= 11 is 5.84. The third-order valence-electron chi connectivity index (χ3n) is 7.10. The summed E-state index contributed by atoms with van der Waals surface area (Å²) in [6.07, 6.45) is 3.18. The molecule has 3 fully saturated rings. The Balaban J connectivity index is 1.23. The summed E-state index contributed by atoms with van der Waals surface area (Å²) in [6.45, 7) is 2.15. The van der Waals surface area contributed by atoms with E-state index in [0.29, 0.717) is 12.2 Å². The van der Waals surface area contributed by atoms with Crippen molar-refractivity contribution in [1.29, 1.82) is 0 Å². The van der Waals surface area contributed by atoms with E-state index >= 15 is 0 Å². The fraction of sp³-hybridized carbons (Fsp3) is 0.682. The number of benzene rings is 1. The molecule has 1 spiro atoms. The highest BCUT2D eigenvalue weighted by Gasteiger charge is 2.49. The fourth-order valence-electron chi connectivity index (χ4n) is 5.35. The molecule has 166 valence electrons. The van der Waals surface area contributed by atoms with E-state index in [1.807, 2.05) is 0 Å². The van der Waals surface area contributed by atoms with Crippen LogP contribution >= 0.6 is 11.6 Å². The zero-order chi connectivity index (χ0) is 21.6. The predicted molar refractivity (Wildman–Crippen MR) is 109 cm³/mol. The highest BCUT2D eigenvalue weighted by molar-refractivity contribution is 6.30. The van der Waals surface area contributed by atoms with Crippen LogP contribution in [0, 0.1) is 17.2 Å². The van der Waals surface area contributed by atoms with Crippen molar-refractivity contribution in [3.8, 4) is 0 Å². The lowest BCUT2D eigenvalue weighted by Gasteiger charge is -2.55. The highest BCUT2D eigenvalue weighted by Crippen LogP contribution is 2.47. The van der Waals surface area contributed by atoms with E-state index in [1.54, 1.807) is 0 Å². The second-order valence-corrected chi connectivity index (χ2v) is 10.1. The SMILES string of the molecule is O=C(Nc1cc(F)cc(Cl)c1)C1CCC2(CC1)CN(CC1(O)CCC(F)(F)CC1)C2. The molecule has 0 bridgehead atoms. The van der Waals surface area contributed by atoms with Crippen molar-refractivity contribution < 1.29 is 23.1 Å². The van der Waals surface area contributed by atoms with Gasteiger partial charge in [0.25, 0.3) is 0 Å². The molecule has 30 heavy (non-hydrogen) atoms. The standard InChI is InChI=1S/C22H28ClF3N2O2/c23-16-9-17(24)11-18(10-16)27-19(29)15-1-3-20(4-2-15)12-28(13-20)14-21(30)5-7-22(25,26)8-6-21/h9-11,15,30H,1-8,12-14H2,(H,27,29). The lowest BCUT2D eigenvalue weighted by molar-refractivity contribution is -0.138. The molecule has 8 heteroatoms. The molecule has 0 aromatic heterocycles. The summed E-state index contributed by atoms with van der Waals surface area (Å²) in [4.78, 5) is 14.7. The Morgan fingerprint density at radius 3 is 2.33 bits per heavy atom. The molecule has 0 unspecified atom stereocenters. The minimum Gasteiger partial charge on any atom is -0.389 e. The predicted octanol–water partition coefficient (Wildman–Crippen LogP) is 4.85. The summed E-state index contributed by atoms with van der Waals surface area (Å²) in [7, 11) is 0. The Morgan fingerprint density at radius 2 is 1.73 bits per heavy atom. The van der Waals surface area contributed by atoms with E-state index in [-0.39, 0.29) is 47.9 Å². The van der Waals surface area contributed by atoms with E-state index in [2.05, 4.69) is 10.2 Å². The quantitative estimate of drug-likeness (QED) is 0.698. The zero-order valence-corrected chi connectivity index (χ0v) is 17.7. The van der Waals surface area contributed by atoms with Gasteiger partial charge in [-0.25, -0.2) is 13.2 Å². The number of nitrogens with zero attached hydrogens (tertiary/aromatic N) is 1. The molecule has 4 nitrogen and oxygen atoms in total. The topological polar surface area (TPSA) is 52.6 Å². The average molecular weight is 445 g/mol. The van der Waals surface area contributed by atoms with Crippen molar-refractivity contribution in [2.24, 2.45) is 11.3 Å². The van der Waals surface area contributed by atoms with Crippen molar-refractivity contribution in [1.82, 2.24) is 4.90 Å². The van der Waals surface area contributed by atoms with Gasteiger partial charge in [0.2, 0.25) is 11.8 Å². The number of hydrogen-bond donors (Lipinski definition) is 2. The molecule has 2 N–H and O–H groups in total. The molecule has 1 amide bonds. The second kappa shape index (κ2) is 7.99. The van der Waals surface area contributed by atoms with Crippen LogP contribution in [0.15, 0.2) is 18.2 Å². The summed E-state index contributed by atoms with van der Waals surface area (Å²) in [6, 6.07) is 3.98. The minimum absolute atomic E-state index is 0.111. The molecule has 1 saturated heterocycles. The normalized spacial score (nSPS) is 25.6. The lowest BCUT2D eigenvalue weighted by atomic mass is 9.65. The lowest BCUT2D eigenvalue weighted by Crippen LogP contribution is -2.62. The molecule has 4 rings (SSSR count). The maximum Gasteiger partial charge on any atom is 0.248 e. The summed E-state index contributed by atoms with van der Waals surface area (Å²) in [5.74, 6) is -3.35. The molecule has 1 heterocycles. The van der Waals surface area contributed by atoms with E-state index in [0.717, 1.165) is 38.8 Å². The largest absolute Gasteiger partial charge is 0.389 e. The molecule has 0 radical (unpaired) electrons. The van der Waals surface area contributed by atoms with Crippen LogP contribution in [0.1, 0.15) is 51.4 Å². The average Bonchev–Trinajstić information content (AvgIpc) is 2.63. The third-order valence-corrected chi connectivity index (χ3v) is 7.31. The fourth-order valence-corrected chi connectivity index (χ4v) is 5.57. The van der Waals surface area contributed by atoms with Gasteiger partial charge in [0.15, 0.2) is 0 Å². The Labute approximate surface area is 179 Å². The number of nitrogens with one attached hydrogen (secondary N) is 1. The number of halogens is 4. The van der Waals surface area contributed by atoms with E-state index in [9.17, 15) is 23.1 Å². The van der Waals surface area contributed by atoms with Crippen LogP contribution in [0.2, 0.25) is 5.02 Å². The Hall–Kier alpha value is -1.31. The number of carbonyl (C=O) groups is 1. The van der Waals surface area contributed by atoms with Gasteiger partial charge >= 0.3 is 0 Å². The van der Waals surface area contributed by atoms with E-state index in [1.165, 1.54) is 18.2 Å². The third kappa shape index (κ3) is 4.94. The molecular weight excluding hydrogens is 417 g/mol. The van der Waals surface area contributed by atoms with Crippen LogP contribution < -0.4 is 5.32 Å². The van der Waals surface area contributed by atoms with Crippen molar-refractivity contribution in [3.05, 3.63) is 29.0 Å². The number of likely N-dealkylation sites (tertiary alicyclic amines) is 1. The second-order valence-electron chi connectivity index (χ2n) is 9.65. The van der Waals surface area contributed by atoms with Gasteiger partial charge in [-0.05, 0) is 62.1 Å². The first-order chi connectivity index (χ1) is 14.1. The van der Waals surface area contributed by atoms with Gasteiger partial charge in [0, 0.05) is 49.1 Å². The summed E-state index contributed by atoms with van der Waals surface area (Å²) in [5.41, 5.74) is -0.480. The van der Waals surface area contributed by atoms with Crippen molar-refractivity contribution in [2.75, 3.05) is 25.0 Å². The van der Waals surface area contributed by atoms with Crippen LogP contribution in [0.5, 0.6) is 0 Å². The first-order valence-corrected chi connectivity index (χ1v) is 11.0. The van der Waals surface area contributed by atoms with Gasteiger partial charge in [-0.2, -0.15) is 0 Å². The van der Waals surface area contributed by atoms with E-state index < -0.39 is 17.3 Å². The minimum atomic E-state index is -2.64. The van der Waals surface area contributed by atoms with E-state index in [4.69, 9.17) is 11.6 Å². The number of hydrogen-bond acceptors (Lipinski definition) is 3. The number of aliphatic hydroxyl groups is 1. The maximum atomic E-state index is 13.5. The molecule has 1 aromatic rings. The van der Waals surface area contributed by atoms with Crippen LogP contribution in [0.4, 0.5) is 18.9 Å². The molecule has 2 saturated carbocycles. The number of β-amino-alcohol motifs (C(OH)–C–C–N with tert-alkyl or cyclic N) is 1. The van der Waals surface area contributed by atoms with Gasteiger partial charge < -0.3 is 10.4 Å². The van der Waals surface area contributed by atoms with Gasteiger partial charge in [0.05, 0.1) is 5.60 Å². The molecule has 3 aliphatic rings. The van der Waals surface area contributed by atoms with Crippen LogP contribution in [0.25, 0.3) is 0 Å².